The Labute approximate surface area is 235 Å². The number of pyridine rings is 1. The molecule has 2 aliphatic rings. The number of benzene rings is 1. The van der Waals surface area contributed by atoms with Gasteiger partial charge in [0.1, 0.15) is 17.0 Å². The summed E-state index contributed by atoms with van der Waals surface area (Å²) in [4.78, 5) is 52.6. The molecule has 2 amide bonds. The highest BCUT2D eigenvalue weighted by Gasteiger charge is 2.35. The number of piperazine rings is 1. The summed E-state index contributed by atoms with van der Waals surface area (Å²) in [7, 11) is 1.45. The predicted molar refractivity (Wildman–Crippen MR) is 153 cm³/mol. The van der Waals surface area contributed by atoms with Crippen LogP contribution in [0.15, 0.2) is 36.5 Å². The zero-order valence-corrected chi connectivity index (χ0v) is 23.9. The number of carbonyl (C=O) groups excluding carboxylic acids is 3. The van der Waals surface area contributed by atoms with Crippen LogP contribution in [0.25, 0.3) is 11.0 Å². The van der Waals surface area contributed by atoms with Crippen LogP contribution < -0.4 is 4.74 Å². The van der Waals surface area contributed by atoms with E-state index in [1.54, 1.807) is 28.0 Å². The van der Waals surface area contributed by atoms with E-state index in [1.165, 1.54) is 25.4 Å². The van der Waals surface area contributed by atoms with Crippen molar-refractivity contribution in [3.8, 4) is 5.88 Å². The Hall–Kier alpha value is -3.79. The van der Waals surface area contributed by atoms with Crippen molar-refractivity contribution in [3.05, 3.63) is 59.0 Å². The van der Waals surface area contributed by atoms with Gasteiger partial charge >= 0.3 is 0 Å². The Bertz CT molecular complexity index is 1370. The van der Waals surface area contributed by atoms with Crippen LogP contribution in [-0.4, -0.2) is 87.6 Å². The number of methoxy groups -OCH3 is 1. The molecule has 4 heterocycles. The summed E-state index contributed by atoms with van der Waals surface area (Å²) in [6.07, 6.45) is 3.25. The lowest BCUT2D eigenvalue weighted by molar-refractivity contribution is -0.125. The van der Waals surface area contributed by atoms with Crippen molar-refractivity contribution in [2.24, 2.45) is 0 Å². The van der Waals surface area contributed by atoms with Crippen molar-refractivity contribution >= 4 is 28.6 Å². The van der Waals surface area contributed by atoms with Crippen molar-refractivity contribution in [2.45, 2.75) is 59.2 Å². The monoisotopic (exact) mass is 553 g/mol. The number of rotatable bonds is 6. The molecule has 10 heteroatoms. The number of aromatic amines is 1. The second-order valence-electron chi connectivity index (χ2n) is 10.2. The average Bonchev–Trinajstić information content (AvgIpc) is 3.65. The number of fused-ring (bicyclic) bond motifs is 1. The van der Waals surface area contributed by atoms with Crippen LogP contribution in [0.4, 0.5) is 4.39 Å². The molecule has 0 aliphatic carbocycles. The molecule has 40 heavy (non-hydrogen) atoms. The van der Waals surface area contributed by atoms with Crippen LogP contribution >= 0.6 is 0 Å². The quantitative estimate of drug-likeness (QED) is 0.356. The van der Waals surface area contributed by atoms with Gasteiger partial charge < -0.3 is 19.5 Å². The number of likely N-dealkylation sites (tertiary alicyclic amines) is 1. The maximum atomic E-state index is 13.8. The van der Waals surface area contributed by atoms with Crippen LogP contribution in [0.3, 0.4) is 0 Å². The molecule has 2 fully saturated rings. The lowest BCUT2D eigenvalue weighted by atomic mass is 10.0. The zero-order valence-electron chi connectivity index (χ0n) is 23.9. The van der Waals surface area contributed by atoms with Crippen LogP contribution in [0.5, 0.6) is 5.88 Å². The second-order valence-corrected chi connectivity index (χ2v) is 10.2. The molecule has 1 N–H and O–H groups in total. The fraction of sp³-hybridized carbons (Fsp3) is 0.467. The number of halogens is 1. The van der Waals surface area contributed by atoms with Crippen molar-refractivity contribution < 1.29 is 24.9 Å². The van der Waals surface area contributed by atoms with Gasteiger partial charge in [-0.05, 0) is 50.5 Å². The summed E-state index contributed by atoms with van der Waals surface area (Å²) in [5.41, 5.74) is 1.83. The minimum Gasteiger partial charge on any atom is -0.480 e. The normalized spacial score (nSPS) is 19.4. The molecule has 0 saturated carbocycles. The summed E-state index contributed by atoms with van der Waals surface area (Å²) in [6.45, 7) is 11.0. The van der Waals surface area contributed by atoms with Gasteiger partial charge in [0.2, 0.25) is 5.88 Å². The molecule has 3 aromatic rings. The molecule has 0 bridgehead atoms. The number of carbonyl (C=O) groups is 3. The Balaban J connectivity index is 0.00000151. The Morgan fingerprint density at radius 3 is 2.38 bits per heavy atom. The number of aromatic nitrogens is 2. The van der Waals surface area contributed by atoms with E-state index in [4.69, 9.17) is 4.74 Å². The third-order valence-electron chi connectivity index (χ3n) is 7.56. The SMILES string of the molecule is CC.COc1nc2[nH]cc(C(=O)C(=O)N3CCCC3)c2cc1C(=O)N1C[C@H](C)N(Cc2ccc(F)cc2)C[C@H]1C.[HH]. The summed E-state index contributed by atoms with van der Waals surface area (Å²) in [6, 6.07) is 8.02. The Morgan fingerprint density at radius 2 is 1.73 bits per heavy atom. The third-order valence-corrected chi connectivity index (χ3v) is 7.56. The van der Waals surface area contributed by atoms with Gasteiger partial charge in [0, 0.05) is 57.8 Å². The van der Waals surface area contributed by atoms with Gasteiger partial charge in [-0.1, -0.05) is 26.0 Å². The molecule has 1 aromatic carbocycles. The van der Waals surface area contributed by atoms with Crippen molar-refractivity contribution in [3.63, 3.8) is 0 Å². The van der Waals surface area contributed by atoms with Crippen molar-refractivity contribution in [1.82, 2.24) is 24.7 Å². The number of ketones is 1. The van der Waals surface area contributed by atoms with Gasteiger partial charge in [-0.25, -0.2) is 4.39 Å². The maximum Gasteiger partial charge on any atom is 0.295 e. The van der Waals surface area contributed by atoms with Gasteiger partial charge in [-0.2, -0.15) is 4.98 Å². The predicted octanol–water partition coefficient (Wildman–Crippen LogP) is 4.52. The van der Waals surface area contributed by atoms with E-state index in [9.17, 15) is 18.8 Å². The standard InChI is InChI=1S/C28H32FN5O4.C2H6.H2/c1-17-15-34(18(2)14-33(17)16-19-6-8-20(29)9-7-19)27(36)22-12-21-23(13-30-25(21)31-26(22)38-3)24(35)28(37)32-10-4-5-11-32;1-2;/h6-9,12-13,17-18H,4-5,10-11,14-16H2,1-3H3,(H,30,31);1-2H3;1H/t17-,18+;;/m0../s1. The van der Waals surface area contributed by atoms with E-state index in [2.05, 4.69) is 21.8 Å². The first-order chi connectivity index (χ1) is 19.3. The molecule has 9 nitrogen and oxygen atoms in total. The van der Waals surface area contributed by atoms with Crippen LogP contribution in [0.1, 0.15) is 68.2 Å². The van der Waals surface area contributed by atoms with Crippen molar-refractivity contribution in [1.29, 1.82) is 0 Å². The topological polar surface area (TPSA) is 98.8 Å². The number of ether oxygens (including phenoxy) is 1. The van der Waals surface area contributed by atoms with E-state index in [0.717, 1.165) is 18.4 Å². The van der Waals surface area contributed by atoms with Crippen LogP contribution in [0, 0.1) is 5.82 Å². The Kier molecular flexibility index (Phi) is 9.19. The van der Waals surface area contributed by atoms with Crippen molar-refractivity contribution in [2.75, 3.05) is 33.3 Å². The fourth-order valence-electron chi connectivity index (χ4n) is 5.39. The Morgan fingerprint density at radius 1 is 1.05 bits per heavy atom. The molecule has 2 aliphatic heterocycles. The zero-order chi connectivity index (χ0) is 29.0. The summed E-state index contributed by atoms with van der Waals surface area (Å²) in [5.74, 6) is -1.50. The first-order valence-electron chi connectivity index (χ1n) is 14.0. The molecule has 2 atom stereocenters. The first kappa shape index (κ1) is 29.2. The molecule has 0 spiro atoms. The van der Waals surface area contributed by atoms with E-state index < -0.39 is 11.7 Å². The minimum atomic E-state index is -0.611. The average molecular weight is 554 g/mol. The summed E-state index contributed by atoms with van der Waals surface area (Å²) in [5, 5.41) is 0.419. The van der Waals surface area contributed by atoms with Gasteiger partial charge in [0.05, 0.1) is 12.7 Å². The molecule has 216 valence electrons. The van der Waals surface area contributed by atoms with E-state index in [0.29, 0.717) is 43.8 Å². The first-order valence-corrected chi connectivity index (χ1v) is 14.0. The molecular formula is C30H40FN5O4. The molecular weight excluding hydrogens is 513 g/mol. The number of hydrogen-bond donors (Lipinski definition) is 1. The van der Waals surface area contributed by atoms with Gasteiger partial charge in [-0.15, -0.1) is 0 Å². The minimum absolute atomic E-state index is 0. The number of nitrogens with zero attached hydrogens (tertiary/aromatic N) is 4. The number of nitrogens with one attached hydrogen (secondary N) is 1. The molecule has 2 saturated heterocycles. The summed E-state index contributed by atoms with van der Waals surface area (Å²) >= 11 is 0. The van der Waals surface area contributed by atoms with E-state index in [1.807, 2.05) is 20.8 Å². The number of amides is 2. The maximum absolute atomic E-state index is 13.8. The highest BCUT2D eigenvalue weighted by molar-refractivity contribution is 6.44. The third kappa shape index (κ3) is 5.86. The highest BCUT2D eigenvalue weighted by atomic mass is 19.1. The molecule has 5 rings (SSSR count). The van der Waals surface area contributed by atoms with Crippen LogP contribution in [0.2, 0.25) is 0 Å². The smallest absolute Gasteiger partial charge is 0.295 e. The van der Waals surface area contributed by atoms with Crippen LogP contribution in [-0.2, 0) is 11.3 Å². The second kappa shape index (κ2) is 12.6. The lowest BCUT2D eigenvalue weighted by Crippen LogP contribution is -2.57. The molecule has 0 unspecified atom stereocenters. The number of Topliss-reactive ketones (excluding diaryl/α,β-unsaturated/α-hetero) is 1. The van der Waals surface area contributed by atoms with E-state index >= 15 is 0 Å². The van der Waals surface area contributed by atoms with E-state index in [-0.39, 0.29) is 42.2 Å². The lowest BCUT2D eigenvalue weighted by Gasteiger charge is -2.44. The number of H-pyrrole nitrogens is 1. The fourth-order valence-corrected chi connectivity index (χ4v) is 5.39. The largest absolute Gasteiger partial charge is 0.480 e. The molecule has 2 aromatic heterocycles. The summed E-state index contributed by atoms with van der Waals surface area (Å²) < 4.78 is 18.8. The molecule has 0 radical (unpaired) electrons. The highest BCUT2D eigenvalue weighted by Crippen LogP contribution is 2.29. The number of hydrogen-bond acceptors (Lipinski definition) is 6. The van der Waals surface area contributed by atoms with Gasteiger partial charge in [0.15, 0.2) is 0 Å². The van der Waals surface area contributed by atoms with Gasteiger partial charge in [-0.3, -0.25) is 19.3 Å². The van der Waals surface area contributed by atoms with Gasteiger partial charge in [0.25, 0.3) is 17.6 Å².